The van der Waals surface area contributed by atoms with Crippen LogP contribution in [0.3, 0.4) is 0 Å². The molecule has 0 fully saturated rings. The van der Waals surface area contributed by atoms with Gasteiger partial charge in [0.25, 0.3) is 0 Å². The van der Waals surface area contributed by atoms with E-state index < -0.39 is 0 Å². The van der Waals surface area contributed by atoms with Crippen molar-refractivity contribution in [3.63, 3.8) is 0 Å². The number of nitrogens with one attached hydrogen (secondary N) is 1. The number of allylic oxidation sites excluding steroid dienone is 3. The Morgan fingerprint density at radius 3 is 2.61 bits per heavy atom. The van der Waals surface area contributed by atoms with Gasteiger partial charge in [-0.15, -0.1) is 23.1 Å². The van der Waals surface area contributed by atoms with Crippen molar-refractivity contribution in [1.29, 1.82) is 0 Å². The minimum Gasteiger partial charge on any atom is -0.463 e. The number of ether oxygens (including phenoxy) is 1. The first kappa shape index (κ1) is 23.8. The molecule has 0 saturated carbocycles. The summed E-state index contributed by atoms with van der Waals surface area (Å²) >= 11 is 3.57. The third-order valence-corrected chi connectivity index (χ3v) is 8.78. The van der Waals surface area contributed by atoms with E-state index in [1.807, 2.05) is 32.0 Å². The molecule has 33 heavy (non-hydrogen) atoms. The first-order valence-corrected chi connectivity index (χ1v) is 13.5. The number of benzene rings is 1. The molecular weight excluding hydrogens is 450 g/mol. The number of carbonyl (C=O) groups excluding carboxylic acids is 2. The maximum Gasteiger partial charge on any atom is 0.336 e. The summed E-state index contributed by atoms with van der Waals surface area (Å²) < 4.78 is 6.66. The zero-order chi connectivity index (χ0) is 23.5. The number of carbonyl (C=O) groups is 2. The average Bonchev–Trinajstić information content (AvgIpc) is 3.21. The van der Waals surface area contributed by atoms with Crippen molar-refractivity contribution in [2.45, 2.75) is 63.0 Å². The molecule has 174 valence electrons. The lowest BCUT2D eigenvalue weighted by Crippen LogP contribution is -2.36. The summed E-state index contributed by atoms with van der Waals surface area (Å²) in [6.45, 7) is 8.33. The molecule has 2 heterocycles. The van der Waals surface area contributed by atoms with E-state index in [1.54, 1.807) is 23.1 Å². The number of thioether (sulfide) groups is 1. The van der Waals surface area contributed by atoms with Crippen molar-refractivity contribution in [3.8, 4) is 0 Å². The first-order chi connectivity index (χ1) is 16.0. The van der Waals surface area contributed by atoms with Crippen molar-refractivity contribution in [3.05, 3.63) is 74.9 Å². The molecule has 0 radical (unpaired) electrons. The molecule has 1 aliphatic carbocycles. The molecular formula is C27H31NO3S2. The molecule has 4 rings (SSSR count). The molecule has 0 unspecified atom stereocenters. The normalized spacial score (nSPS) is 20.5. The number of dihydropyridines is 1. The van der Waals surface area contributed by atoms with Gasteiger partial charge in [0.15, 0.2) is 5.78 Å². The monoisotopic (exact) mass is 481 g/mol. The minimum atomic E-state index is -0.380. The number of rotatable bonds is 7. The maximum absolute atomic E-state index is 13.7. The molecule has 1 N–H and O–H groups in total. The van der Waals surface area contributed by atoms with Crippen LogP contribution in [-0.4, -0.2) is 24.1 Å². The molecule has 1 aromatic heterocycles. The number of hydrogen-bond acceptors (Lipinski definition) is 6. The first-order valence-electron chi connectivity index (χ1n) is 11.7. The Labute approximate surface area is 204 Å². The van der Waals surface area contributed by atoms with Crippen LogP contribution in [0.4, 0.5) is 0 Å². The van der Waals surface area contributed by atoms with E-state index in [0.29, 0.717) is 18.6 Å². The molecule has 0 saturated heterocycles. The van der Waals surface area contributed by atoms with Gasteiger partial charge in [-0.05, 0) is 55.6 Å². The number of aryl methyl sites for hydroxylation is 1. The van der Waals surface area contributed by atoms with Crippen LogP contribution in [0.2, 0.25) is 0 Å². The zero-order valence-electron chi connectivity index (χ0n) is 19.7. The second kappa shape index (κ2) is 10.3. The molecule has 0 amide bonds. The Bertz CT molecular complexity index is 1110. The molecule has 6 heteroatoms. The van der Waals surface area contributed by atoms with E-state index in [9.17, 15) is 9.59 Å². The average molecular weight is 482 g/mol. The van der Waals surface area contributed by atoms with Crippen molar-refractivity contribution in [1.82, 2.24) is 5.32 Å². The second-order valence-electron chi connectivity index (χ2n) is 8.39. The van der Waals surface area contributed by atoms with Crippen LogP contribution < -0.4 is 5.32 Å². The molecule has 1 aromatic carbocycles. The molecule has 2 aliphatic rings. The lowest BCUT2D eigenvalue weighted by atomic mass is 9.72. The van der Waals surface area contributed by atoms with Gasteiger partial charge in [0, 0.05) is 28.3 Å². The predicted octanol–water partition coefficient (Wildman–Crippen LogP) is 6.35. The number of esters is 1. The fourth-order valence-electron chi connectivity index (χ4n) is 4.85. The zero-order valence-corrected chi connectivity index (χ0v) is 21.3. The van der Waals surface area contributed by atoms with Crippen molar-refractivity contribution in [2.75, 3.05) is 12.4 Å². The summed E-state index contributed by atoms with van der Waals surface area (Å²) in [5.74, 6) is 0.479. The van der Waals surface area contributed by atoms with Gasteiger partial charge in [-0.3, -0.25) is 4.79 Å². The lowest BCUT2D eigenvalue weighted by molar-refractivity contribution is -0.138. The topological polar surface area (TPSA) is 55.4 Å². The highest BCUT2D eigenvalue weighted by molar-refractivity contribution is 8.01. The van der Waals surface area contributed by atoms with Gasteiger partial charge in [-0.1, -0.05) is 44.2 Å². The van der Waals surface area contributed by atoms with Gasteiger partial charge in [-0.25, -0.2) is 4.79 Å². The Hall–Kier alpha value is -2.31. The quantitative estimate of drug-likeness (QED) is 0.369. The number of hydrogen-bond donors (Lipinski definition) is 1. The highest BCUT2D eigenvalue weighted by atomic mass is 32.2. The van der Waals surface area contributed by atoms with E-state index >= 15 is 0 Å². The standard InChI is InChI=1S/C27H31NO3S2/c1-5-19-15-20(27(33-19)32-7-3)24-23(26(30)31-6-2)16(4)28-21-13-18(14-22(29)25(21)24)17-11-9-8-10-12-17/h8-12,15,18,24,28H,5-7,13-14H2,1-4H3/t18-,24+/m0/s1. The summed E-state index contributed by atoms with van der Waals surface area (Å²) in [7, 11) is 0. The maximum atomic E-state index is 13.7. The van der Waals surface area contributed by atoms with Crippen molar-refractivity contribution in [2.24, 2.45) is 0 Å². The third-order valence-electron chi connectivity index (χ3n) is 6.30. The van der Waals surface area contributed by atoms with Crippen LogP contribution in [0.1, 0.15) is 68.4 Å². The largest absolute Gasteiger partial charge is 0.463 e. The van der Waals surface area contributed by atoms with Crippen LogP contribution in [0.25, 0.3) is 0 Å². The number of Topliss-reactive ketones (excluding diaryl/α,β-unsaturated/α-hetero) is 1. The van der Waals surface area contributed by atoms with Crippen molar-refractivity contribution < 1.29 is 14.3 Å². The van der Waals surface area contributed by atoms with Gasteiger partial charge < -0.3 is 10.1 Å². The van der Waals surface area contributed by atoms with Gasteiger partial charge in [0.1, 0.15) is 0 Å². The Morgan fingerprint density at radius 1 is 1.18 bits per heavy atom. The van der Waals surface area contributed by atoms with Gasteiger partial charge in [0.2, 0.25) is 0 Å². The fourth-order valence-corrected chi connectivity index (χ4v) is 7.23. The molecule has 4 nitrogen and oxygen atoms in total. The highest BCUT2D eigenvalue weighted by Crippen LogP contribution is 2.49. The Morgan fingerprint density at radius 2 is 1.94 bits per heavy atom. The molecule has 0 spiro atoms. The van der Waals surface area contributed by atoms with Crippen LogP contribution >= 0.6 is 23.1 Å². The lowest BCUT2D eigenvalue weighted by Gasteiger charge is -2.36. The second-order valence-corrected chi connectivity index (χ2v) is 11.1. The van der Waals surface area contributed by atoms with E-state index in [1.165, 1.54) is 14.6 Å². The Kier molecular flexibility index (Phi) is 7.45. The molecule has 2 atom stereocenters. The molecule has 1 aliphatic heterocycles. The summed E-state index contributed by atoms with van der Waals surface area (Å²) in [4.78, 5) is 28.1. The Balaban J connectivity index is 1.85. The summed E-state index contributed by atoms with van der Waals surface area (Å²) in [6.07, 6.45) is 2.15. The van der Waals surface area contributed by atoms with Gasteiger partial charge in [-0.2, -0.15) is 0 Å². The SMILES string of the molecule is CCOC(=O)C1=C(C)NC2=C(C(=O)C[C@@H](c3ccccc3)C2)[C@@H]1c1cc(CC)sc1SCC. The van der Waals surface area contributed by atoms with Gasteiger partial charge >= 0.3 is 5.97 Å². The fraction of sp³-hybridized carbons (Fsp3) is 0.407. The van der Waals surface area contributed by atoms with Crippen LogP contribution in [0.5, 0.6) is 0 Å². The predicted molar refractivity (Wildman–Crippen MR) is 136 cm³/mol. The van der Waals surface area contributed by atoms with Crippen LogP contribution in [0, 0.1) is 0 Å². The molecule has 0 bridgehead atoms. The van der Waals surface area contributed by atoms with E-state index in [4.69, 9.17) is 4.74 Å². The minimum absolute atomic E-state index is 0.119. The summed E-state index contributed by atoms with van der Waals surface area (Å²) in [5, 5.41) is 3.44. The third kappa shape index (κ3) is 4.69. The van der Waals surface area contributed by atoms with E-state index in [-0.39, 0.29) is 23.6 Å². The van der Waals surface area contributed by atoms with Crippen LogP contribution in [-0.2, 0) is 20.7 Å². The van der Waals surface area contributed by atoms with E-state index in [2.05, 4.69) is 37.4 Å². The summed E-state index contributed by atoms with van der Waals surface area (Å²) in [5.41, 5.74) is 5.31. The smallest absolute Gasteiger partial charge is 0.336 e. The van der Waals surface area contributed by atoms with Gasteiger partial charge in [0.05, 0.1) is 22.3 Å². The number of ketones is 1. The molecule has 2 aromatic rings. The van der Waals surface area contributed by atoms with Crippen LogP contribution in [0.15, 0.2) is 63.1 Å². The van der Waals surface area contributed by atoms with E-state index in [0.717, 1.165) is 41.1 Å². The summed E-state index contributed by atoms with van der Waals surface area (Å²) in [6, 6.07) is 12.4. The highest BCUT2D eigenvalue weighted by Gasteiger charge is 2.42. The van der Waals surface area contributed by atoms with Crippen molar-refractivity contribution >= 4 is 34.9 Å². The number of thiophene rings is 1.